The van der Waals surface area contributed by atoms with Crippen molar-refractivity contribution in [3.8, 4) is 28.1 Å². The summed E-state index contributed by atoms with van der Waals surface area (Å²) >= 11 is 0. The standard InChI is InChI=1S/C27H26N4O3/c1-30-26(32)17-23(20-10-12-28-13-11-20)29-27(30)31-14-15-34-25(18-31)22-9-8-21(16-24(22)33-2)19-6-4-3-5-7-19/h3-13,16-17,25H,14-15,18H2,1-2H3. The number of methoxy groups -OCH3 is 1. The first kappa shape index (κ1) is 21.9. The number of pyridine rings is 1. The van der Waals surface area contributed by atoms with Crippen molar-refractivity contribution in [3.63, 3.8) is 0 Å². The Morgan fingerprint density at radius 3 is 2.53 bits per heavy atom. The van der Waals surface area contributed by atoms with Crippen molar-refractivity contribution in [1.29, 1.82) is 0 Å². The predicted octanol–water partition coefficient (Wildman–Crippen LogP) is 4.10. The summed E-state index contributed by atoms with van der Waals surface area (Å²) in [4.78, 5) is 23.7. The molecule has 1 aliphatic heterocycles. The number of morpholine rings is 1. The van der Waals surface area contributed by atoms with E-state index in [2.05, 4.69) is 34.1 Å². The average Bonchev–Trinajstić information content (AvgIpc) is 2.91. The zero-order chi connectivity index (χ0) is 23.5. The fourth-order valence-electron chi connectivity index (χ4n) is 4.29. The Kier molecular flexibility index (Phi) is 6.10. The maximum atomic E-state index is 12.7. The van der Waals surface area contributed by atoms with Crippen LogP contribution in [-0.2, 0) is 11.8 Å². The maximum Gasteiger partial charge on any atom is 0.255 e. The van der Waals surface area contributed by atoms with E-state index in [-0.39, 0.29) is 11.7 Å². The van der Waals surface area contributed by atoms with E-state index < -0.39 is 0 Å². The van der Waals surface area contributed by atoms with E-state index in [4.69, 9.17) is 14.5 Å². The van der Waals surface area contributed by atoms with Gasteiger partial charge in [-0.25, -0.2) is 4.98 Å². The van der Waals surface area contributed by atoms with Gasteiger partial charge in [-0.05, 0) is 29.3 Å². The molecule has 7 heteroatoms. The van der Waals surface area contributed by atoms with Crippen molar-refractivity contribution in [1.82, 2.24) is 14.5 Å². The summed E-state index contributed by atoms with van der Waals surface area (Å²) in [6.07, 6.45) is 3.18. The van der Waals surface area contributed by atoms with Crippen LogP contribution in [0.4, 0.5) is 5.95 Å². The molecule has 0 aliphatic carbocycles. The van der Waals surface area contributed by atoms with E-state index >= 15 is 0 Å². The number of aromatic nitrogens is 3. The molecule has 1 fully saturated rings. The summed E-state index contributed by atoms with van der Waals surface area (Å²) in [5.41, 5.74) is 4.57. The lowest BCUT2D eigenvalue weighted by atomic mass is 10.00. The molecule has 0 saturated carbocycles. The first-order chi connectivity index (χ1) is 16.6. The van der Waals surface area contributed by atoms with Gasteiger partial charge in [0.1, 0.15) is 11.9 Å². The van der Waals surface area contributed by atoms with Crippen molar-refractivity contribution in [2.75, 3.05) is 31.7 Å². The Morgan fingerprint density at radius 1 is 0.971 bits per heavy atom. The second-order valence-electron chi connectivity index (χ2n) is 8.20. The third kappa shape index (κ3) is 4.30. The molecule has 172 valence electrons. The van der Waals surface area contributed by atoms with Crippen molar-refractivity contribution in [3.05, 3.63) is 95.0 Å². The lowest BCUT2D eigenvalue weighted by Crippen LogP contribution is -2.41. The van der Waals surface area contributed by atoms with Crippen molar-refractivity contribution < 1.29 is 9.47 Å². The second kappa shape index (κ2) is 9.49. The minimum absolute atomic E-state index is 0.107. The largest absolute Gasteiger partial charge is 0.496 e. The Bertz CT molecular complexity index is 1340. The van der Waals surface area contributed by atoms with Gasteiger partial charge in [0.05, 0.1) is 26.0 Å². The highest BCUT2D eigenvalue weighted by atomic mass is 16.5. The molecule has 3 heterocycles. The Morgan fingerprint density at radius 2 is 1.76 bits per heavy atom. The van der Waals surface area contributed by atoms with E-state index in [0.29, 0.717) is 31.3 Å². The molecule has 0 spiro atoms. The molecule has 1 unspecified atom stereocenters. The van der Waals surface area contributed by atoms with Crippen LogP contribution in [-0.4, -0.2) is 41.3 Å². The highest BCUT2D eigenvalue weighted by Crippen LogP contribution is 2.35. The molecular formula is C27H26N4O3. The SMILES string of the molecule is COc1cc(-c2ccccc2)ccc1C1CN(c2nc(-c3ccncc3)cc(=O)n2C)CCO1. The minimum Gasteiger partial charge on any atom is -0.496 e. The second-order valence-corrected chi connectivity index (χ2v) is 8.20. The predicted molar refractivity (Wildman–Crippen MR) is 132 cm³/mol. The Hall–Kier alpha value is -3.97. The summed E-state index contributed by atoms with van der Waals surface area (Å²) < 4.78 is 13.5. The summed E-state index contributed by atoms with van der Waals surface area (Å²) in [6, 6.07) is 21.7. The molecule has 0 radical (unpaired) electrons. The zero-order valence-corrected chi connectivity index (χ0v) is 19.2. The summed E-state index contributed by atoms with van der Waals surface area (Å²) in [7, 11) is 3.43. The molecular weight excluding hydrogens is 428 g/mol. The highest BCUT2D eigenvalue weighted by molar-refractivity contribution is 5.66. The smallest absolute Gasteiger partial charge is 0.255 e. The number of benzene rings is 2. The van der Waals surface area contributed by atoms with E-state index in [9.17, 15) is 4.79 Å². The quantitative estimate of drug-likeness (QED) is 0.452. The van der Waals surface area contributed by atoms with Gasteiger partial charge in [0.15, 0.2) is 0 Å². The molecule has 1 atom stereocenters. The number of ether oxygens (including phenoxy) is 2. The van der Waals surface area contributed by atoms with Crippen LogP contribution < -0.4 is 15.2 Å². The third-order valence-electron chi connectivity index (χ3n) is 6.12. The lowest BCUT2D eigenvalue weighted by Gasteiger charge is -2.35. The van der Waals surface area contributed by atoms with Crippen LogP contribution in [0.3, 0.4) is 0 Å². The normalized spacial score (nSPS) is 15.8. The third-order valence-corrected chi connectivity index (χ3v) is 6.12. The Labute approximate surface area is 198 Å². The number of hydrogen-bond donors (Lipinski definition) is 0. The summed E-state index contributed by atoms with van der Waals surface area (Å²) in [5, 5.41) is 0. The topological polar surface area (TPSA) is 69.5 Å². The van der Waals surface area contributed by atoms with Gasteiger partial charge in [0.2, 0.25) is 5.95 Å². The van der Waals surface area contributed by atoms with Gasteiger partial charge in [-0.3, -0.25) is 14.3 Å². The monoisotopic (exact) mass is 454 g/mol. The molecule has 1 saturated heterocycles. The van der Waals surface area contributed by atoms with E-state index in [1.54, 1.807) is 37.2 Å². The van der Waals surface area contributed by atoms with Crippen LogP contribution in [0.2, 0.25) is 0 Å². The van der Waals surface area contributed by atoms with Gasteiger partial charge in [0.25, 0.3) is 5.56 Å². The molecule has 0 N–H and O–H groups in total. The van der Waals surface area contributed by atoms with Crippen molar-refractivity contribution >= 4 is 5.95 Å². The van der Waals surface area contributed by atoms with Crippen LogP contribution >= 0.6 is 0 Å². The van der Waals surface area contributed by atoms with Crippen LogP contribution in [0.1, 0.15) is 11.7 Å². The maximum absolute atomic E-state index is 12.7. The van der Waals surface area contributed by atoms with Gasteiger partial charge in [0, 0.05) is 43.2 Å². The lowest BCUT2D eigenvalue weighted by molar-refractivity contribution is 0.0374. The molecule has 5 rings (SSSR count). The van der Waals surface area contributed by atoms with Gasteiger partial charge >= 0.3 is 0 Å². The van der Waals surface area contributed by atoms with Crippen LogP contribution in [0.5, 0.6) is 5.75 Å². The molecule has 2 aromatic heterocycles. The zero-order valence-electron chi connectivity index (χ0n) is 19.2. The average molecular weight is 455 g/mol. The molecule has 0 amide bonds. The van der Waals surface area contributed by atoms with Gasteiger partial charge < -0.3 is 14.4 Å². The number of rotatable bonds is 5. The molecule has 34 heavy (non-hydrogen) atoms. The Balaban J connectivity index is 1.46. The highest BCUT2D eigenvalue weighted by Gasteiger charge is 2.27. The fraction of sp³-hybridized carbons (Fsp3) is 0.222. The number of nitrogens with zero attached hydrogens (tertiary/aromatic N) is 4. The number of hydrogen-bond acceptors (Lipinski definition) is 6. The van der Waals surface area contributed by atoms with Gasteiger partial charge in [-0.1, -0.05) is 42.5 Å². The van der Waals surface area contributed by atoms with Crippen LogP contribution in [0.25, 0.3) is 22.4 Å². The molecule has 2 aromatic carbocycles. The van der Waals surface area contributed by atoms with Crippen molar-refractivity contribution in [2.45, 2.75) is 6.10 Å². The minimum atomic E-state index is -0.213. The van der Waals surface area contributed by atoms with E-state index in [1.165, 1.54) is 0 Å². The number of anilines is 1. The first-order valence-corrected chi connectivity index (χ1v) is 11.2. The van der Waals surface area contributed by atoms with Gasteiger partial charge in [-0.15, -0.1) is 0 Å². The first-order valence-electron chi connectivity index (χ1n) is 11.2. The van der Waals surface area contributed by atoms with Crippen LogP contribution in [0.15, 0.2) is 83.9 Å². The van der Waals surface area contributed by atoms with Crippen LogP contribution in [0, 0.1) is 0 Å². The molecule has 7 nitrogen and oxygen atoms in total. The molecule has 1 aliphatic rings. The van der Waals surface area contributed by atoms with E-state index in [0.717, 1.165) is 28.0 Å². The fourth-order valence-corrected chi connectivity index (χ4v) is 4.29. The summed E-state index contributed by atoms with van der Waals surface area (Å²) in [6.45, 7) is 1.71. The molecule has 4 aromatic rings. The summed E-state index contributed by atoms with van der Waals surface area (Å²) in [5.74, 6) is 1.40. The van der Waals surface area contributed by atoms with E-state index in [1.807, 2.05) is 36.4 Å². The molecule has 0 bridgehead atoms. The van der Waals surface area contributed by atoms with Gasteiger partial charge in [-0.2, -0.15) is 0 Å². The van der Waals surface area contributed by atoms with Crippen molar-refractivity contribution in [2.24, 2.45) is 7.05 Å².